The monoisotopic (exact) mass is 184 g/mol. The molecule has 1 aliphatic heterocycles. The SMILES string of the molecule is CCCCC1(CCCCN)NC1=O. The standard InChI is InChI=1S/C10H20N2O/c1-2-3-6-10(9(13)12-10)7-4-5-8-11/h2-8,11H2,1H3,(H,12,13). The lowest BCUT2D eigenvalue weighted by Gasteiger charge is -2.09. The van der Waals surface area contributed by atoms with Gasteiger partial charge in [0.1, 0.15) is 5.54 Å². The first-order valence-electron chi connectivity index (χ1n) is 5.28. The van der Waals surface area contributed by atoms with E-state index in [4.69, 9.17) is 5.73 Å². The Balaban J connectivity index is 2.21. The number of carbonyl (C=O) groups excluding carboxylic acids is 1. The Morgan fingerprint density at radius 2 is 1.92 bits per heavy atom. The number of unbranched alkanes of at least 4 members (excludes halogenated alkanes) is 2. The van der Waals surface area contributed by atoms with Gasteiger partial charge in [-0.3, -0.25) is 4.79 Å². The molecule has 1 heterocycles. The maximum absolute atomic E-state index is 11.2. The van der Waals surface area contributed by atoms with Crippen LogP contribution in [-0.4, -0.2) is 18.0 Å². The molecule has 3 nitrogen and oxygen atoms in total. The highest BCUT2D eigenvalue weighted by Gasteiger charge is 2.51. The van der Waals surface area contributed by atoms with E-state index in [1.807, 2.05) is 0 Å². The summed E-state index contributed by atoms with van der Waals surface area (Å²) in [5, 5.41) is 2.96. The lowest BCUT2D eigenvalue weighted by atomic mass is 9.95. The Kier molecular flexibility index (Phi) is 3.72. The van der Waals surface area contributed by atoms with Gasteiger partial charge in [0.25, 0.3) is 0 Å². The second-order valence-corrected chi connectivity index (χ2v) is 3.89. The molecule has 0 aromatic carbocycles. The van der Waals surface area contributed by atoms with E-state index in [2.05, 4.69) is 12.2 Å². The molecule has 0 radical (unpaired) electrons. The largest absolute Gasteiger partial charge is 0.340 e. The number of nitrogens with one attached hydrogen (secondary N) is 1. The third-order valence-electron chi connectivity index (χ3n) is 2.74. The van der Waals surface area contributed by atoms with E-state index in [-0.39, 0.29) is 11.4 Å². The molecule has 0 aromatic heterocycles. The van der Waals surface area contributed by atoms with Crippen molar-refractivity contribution in [1.82, 2.24) is 5.32 Å². The Morgan fingerprint density at radius 3 is 2.38 bits per heavy atom. The molecular formula is C10H20N2O. The Hall–Kier alpha value is -0.570. The summed E-state index contributed by atoms with van der Waals surface area (Å²) in [6.45, 7) is 2.89. The van der Waals surface area contributed by atoms with Crippen molar-refractivity contribution < 1.29 is 4.79 Å². The van der Waals surface area contributed by atoms with Crippen LogP contribution in [0.25, 0.3) is 0 Å². The molecule has 0 aromatic rings. The van der Waals surface area contributed by atoms with Crippen LogP contribution in [0.5, 0.6) is 0 Å². The molecule has 1 rings (SSSR count). The highest BCUT2D eigenvalue weighted by atomic mass is 16.2. The predicted octanol–water partition coefficient (Wildman–Crippen LogP) is 1.17. The highest BCUT2D eigenvalue weighted by Crippen LogP contribution is 2.31. The topological polar surface area (TPSA) is 65.0 Å². The third-order valence-corrected chi connectivity index (χ3v) is 2.74. The molecule has 1 fully saturated rings. The zero-order chi connectivity index (χ0) is 9.73. The van der Waals surface area contributed by atoms with Gasteiger partial charge in [-0.25, -0.2) is 0 Å². The van der Waals surface area contributed by atoms with Gasteiger partial charge in [0.05, 0.1) is 0 Å². The average molecular weight is 184 g/mol. The molecule has 76 valence electrons. The first kappa shape index (κ1) is 10.5. The first-order valence-corrected chi connectivity index (χ1v) is 5.28. The van der Waals surface area contributed by atoms with Crippen LogP contribution in [0.15, 0.2) is 0 Å². The van der Waals surface area contributed by atoms with Crippen molar-refractivity contribution in [3.05, 3.63) is 0 Å². The Bertz CT molecular complexity index is 182. The van der Waals surface area contributed by atoms with Crippen LogP contribution in [0, 0.1) is 0 Å². The third kappa shape index (κ3) is 2.69. The van der Waals surface area contributed by atoms with Crippen LogP contribution in [-0.2, 0) is 4.79 Å². The fourth-order valence-corrected chi connectivity index (χ4v) is 1.71. The van der Waals surface area contributed by atoms with E-state index < -0.39 is 0 Å². The Morgan fingerprint density at radius 1 is 1.31 bits per heavy atom. The van der Waals surface area contributed by atoms with Gasteiger partial charge < -0.3 is 11.1 Å². The maximum Gasteiger partial charge on any atom is 0.246 e. The molecule has 1 amide bonds. The minimum atomic E-state index is -0.134. The van der Waals surface area contributed by atoms with Crippen molar-refractivity contribution in [2.45, 2.75) is 51.0 Å². The summed E-state index contributed by atoms with van der Waals surface area (Å²) < 4.78 is 0. The van der Waals surface area contributed by atoms with Crippen LogP contribution in [0.3, 0.4) is 0 Å². The minimum Gasteiger partial charge on any atom is -0.340 e. The molecule has 0 spiro atoms. The highest BCUT2D eigenvalue weighted by molar-refractivity contribution is 6.01. The van der Waals surface area contributed by atoms with Crippen molar-refractivity contribution >= 4 is 5.91 Å². The number of hydrogen-bond donors (Lipinski definition) is 2. The number of nitrogens with two attached hydrogens (primary N) is 1. The van der Waals surface area contributed by atoms with Gasteiger partial charge in [-0.1, -0.05) is 19.8 Å². The van der Waals surface area contributed by atoms with Crippen LogP contribution < -0.4 is 11.1 Å². The summed E-state index contributed by atoms with van der Waals surface area (Å²) >= 11 is 0. The summed E-state index contributed by atoms with van der Waals surface area (Å²) in [4.78, 5) is 11.2. The normalized spacial score (nSPS) is 25.8. The molecule has 1 saturated heterocycles. The molecule has 0 aliphatic carbocycles. The van der Waals surface area contributed by atoms with Crippen molar-refractivity contribution in [2.75, 3.05) is 6.54 Å². The van der Waals surface area contributed by atoms with Crippen LogP contribution >= 0.6 is 0 Å². The van der Waals surface area contributed by atoms with Crippen molar-refractivity contribution in [1.29, 1.82) is 0 Å². The molecule has 0 saturated carbocycles. The summed E-state index contributed by atoms with van der Waals surface area (Å²) in [6.07, 6.45) is 6.38. The van der Waals surface area contributed by atoms with Crippen molar-refractivity contribution in [3.63, 3.8) is 0 Å². The molecule has 3 N–H and O–H groups in total. The molecule has 1 aliphatic rings. The number of hydrogen-bond acceptors (Lipinski definition) is 2. The smallest absolute Gasteiger partial charge is 0.246 e. The number of amides is 1. The lowest BCUT2D eigenvalue weighted by molar-refractivity contribution is -0.112. The van der Waals surface area contributed by atoms with E-state index in [0.717, 1.165) is 45.1 Å². The summed E-state index contributed by atoms with van der Waals surface area (Å²) in [7, 11) is 0. The lowest BCUT2D eigenvalue weighted by Crippen LogP contribution is -2.16. The average Bonchev–Trinajstić information content (AvgIpc) is 2.75. The fraction of sp³-hybridized carbons (Fsp3) is 0.900. The second kappa shape index (κ2) is 4.61. The van der Waals surface area contributed by atoms with E-state index in [9.17, 15) is 4.79 Å². The Labute approximate surface area is 80.1 Å². The molecule has 3 heteroatoms. The van der Waals surface area contributed by atoms with Gasteiger partial charge in [-0.15, -0.1) is 0 Å². The van der Waals surface area contributed by atoms with Gasteiger partial charge in [0, 0.05) is 0 Å². The molecular weight excluding hydrogens is 164 g/mol. The summed E-state index contributed by atoms with van der Waals surface area (Å²) in [5.41, 5.74) is 5.27. The van der Waals surface area contributed by atoms with Crippen molar-refractivity contribution in [2.24, 2.45) is 5.73 Å². The molecule has 1 atom stereocenters. The molecule has 13 heavy (non-hydrogen) atoms. The molecule has 1 unspecified atom stereocenters. The van der Waals surface area contributed by atoms with E-state index in [1.165, 1.54) is 0 Å². The zero-order valence-corrected chi connectivity index (χ0v) is 8.44. The van der Waals surface area contributed by atoms with E-state index in [1.54, 1.807) is 0 Å². The van der Waals surface area contributed by atoms with Gasteiger partial charge >= 0.3 is 0 Å². The number of rotatable bonds is 7. The zero-order valence-electron chi connectivity index (χ0n) is 8.44. The predicted molar refractivity (Wildman–Crippen MR) is 53.3 cm³/mol. The van der Waals surface area contributed by atoms with Crippen LogP contribution in [0.1, 0.15) is 45.4 Å². The molecule has 0 bridgehead atoms. The minimum absolute atomic E-state index is 0.134. The summed E-state index contributed by atoms with van der Waals surface area (Å²) in [5.74, 6) is 0.248. The fourth-order valence-electron chi connectivity index (χ4n) is 1.71. The quantitative estimate of drug-likeness (QED) is 0.461. The van der Waals surface area contributed by atoms with Crippen LogP contribution in [0.4, 0.5) is 0 Å². The first-order chi connectivity index (χ1) is 6.25. The van der Waals surface area contributed by atoms with Crippen molar-refractivity contribution in [3.8, 4) is 0 Å². The van der Waals surface area contributed by atoms with Gasteiger partial charge in [-0.2, -0.15) is 0 Å². The van der Waals surface area contributed by atoms with E-state index >= 15 is 0 Å². The number of carbonyl (C=O) groups is 1. The van der Waals surface area contributed by atoms with Crippen LogP contribution in [0.2, 0.25) is 0 Å². The summed E-state index contributed by atoms with van der Waals surface area (Å²) in [6, 6.07) is 0. The van der Waals surface area contributed by atoms with Gasteiger partial charge in [0.2, 0.25) is 5.91 Å². The van der Waals surface area contributed by atoms with E-state index in [0.29, 0.717) is 0 Å². The van der Waals surface area contributed by atoms with Gasteiger partial charge in [0.15, 0.2) is 0 Å². The van der Waals surface area contributed by atoms with Gasteiger partial charge in [-0.05, 0) is 32.2 Å². The second-order valence-electron chi connectivity index (χ2n) is 3.89. The maximum atomic E-state index is 11.2.